The van der Waals surface area contributed by atoms with Crippen LogP contribution in [0.3, 0.4) is 0 Å². The largest absolute Gasteiger partial charge is 0.805 e. The highest BCUT2D eigenvalue weighted by molar-refractivity contribution is 5.76. The number of nitrogens with zero attached hydrogens (tertiary/aromatic N) is 2. The first-order valence-corrected chi connectivity index (χ1v) is 6.53. The van der Waals surface area contributed by atoms with Gasteiger partial charge in [-0.1, -0.05) is 24.3 Å². The van der Waals surface area contributed by atoms with Crippen LogP contribution in [0.15, 0.2) is 48.5 Å². The van der Waals surface area contributed by atoms with Crippen LogP contribution in [0.5, 0.6) is 5.75 Å². The van der Waals surface area contributed by atoms with E-state index in [9.17, 15) is 10.1 Å². The average Bonchev–Trinajstić information content (AvgIpc) is 2.53. The second kappa shape index (κ2) is 4.94. The van der Waals surface area contributed by atoms with Crippen LogP contribution in [-0.4, -0.2) is 11.8 Å². The second-order valence-electron chi connectivity index (χ2n) is 4.71. The molecule has 0 atom stereocenters. The molecule has 0 spiro atoms. The molecule has 0 radical (unpaired) electrons. The zero-order valence-corrected chi connectivity index (χ0v) is 11.7. The predicted octanol–water partition coefficient (Wildman–Crippen LogP) is 2.89. The fourth-order valence-electron chi connectivity index (χ4n) is 2.50. The molecular formula is C16H14N2O3. The number of ether oxygens (including phenoxy) is 1. The van der Waals surface area contributed by atoms with Crippen molar-refractivity contribution in [3.8, 4) is 17.0 Å². The van der Waals surface area contributed by atoms with Crippen LogP contribution in [0.25, 0.3) is 22.3 Å². The summed E-state index contributed by atoms with van der Waals surface area (Å²) in [5.41, 5.74) is 1.93. The molecule has 5 heteroatoms. The zero-order valence-electron chi connectivity index (χ0n) is 11.7. The number of methoxy groups -OCH3 is 1. The maximum absolute atomic E-state index is 12.7. The van der Waals surface area contributed by atoms with Crippen LogP contribution < -0.4 is 9.16 Å². The lowest BCUT2D eigenvalue weighted by Gasteiger charge is -2.17. The van der Waals surface area contributed by atoms with E-state index in [2.05, 4.69) is 0 Å². The van der Waals surface area contributed by atoms with Crippen LogP contribution in [-0.2, 0) is 0 Å². The van der Waals surface area contributed by atoms with E-state index >= 15 is 0 Å². The highest BCUT2D eigenvalue weighted by Crippen LogP contribution is 2.30. The molecule has 106 valence electrons. The number of para-hydroxylation sites is 3. The van der Waals surface area contributed by atoms with Crippen LogP contribution in [0.2, 0.25) is 0 Å². The number of rotatable bonds is 2. The Balaban J connectivity index is 2.46. The molecule has 2 aromatic carbocycles. The van der Waals surface area contributed by atoms with Crippen molar-refractivity contribution in [3.63, 3.8) is 0 Å². The third-order valence-corrected chi connectivity index (χ3v) is 3.53. The van der Waals surface area contributed by atoms with Crippen molar-refractivity contribution in [1.82, 2.24) is 4.73 Å². The summed E-state index contributed by atoms with van der Waals surface area (Å²) in [6.07, 6.45) is 0. The summed E-state index contributed by atoms with van der Waals surface area (Å²) in [5.74, 6) is 0.556. The molecule has 0 aliphatic carbocycles. The summed E-state index contributed by atoms with van der Waals surface area (Å²) in [6, 6.07) is 13.9. The summed E-state index contributed by atoms with van der Waals surface area (Å²) in [7, 11) is 1.54. The minimum Gasteiger partial charge on any atom is -0.805 e. The van der Waals surface area contributed by atoms with Crippen LogP contribution in [0.4, 0.5) is 0 Å². The average molecular weight is 282 g/mol. The standard InChI is InChI=1S/C16H14N2O3/c1-11-16(12-7-3-6-10-15(12)21-2)18(20)14-9-5-4-8-13(14)17(11)19/h3-10H,1-2H3. The highest BCUT2D eigenvalue weighted by Gasteiger charge is 2.24. The van der Waals surface area contributed by atoms with E-state index < -0.39 is 0 Å². The van der Waals surface area contributed by atoms with E-state index in [-0.39, 0.29) is 0 Å². The van der Waals surface area contributed by atoms with Gasteiger partial charge < -0.3 is 14.7 Å². The molecule has 1 aromatic heterocycles. The molecule has 0 bridgehead atoms. The fourth-order valence-corrected chi connectivity index (χ4v) is 2.50. The maximum Gasteiger partial charge on any atom is 0.293 e. The van der Waals surface area contributed by atoms with Gasteiger partial charge in [-0.25, -0.2) is 0 Å². The zero-order chi connectivity index (χ0) is 15.0. The van der Waals surface area contributed by atoms with Gasteiger partial charge in [0.15, 0.2) is 0 Å². The predicted molar refractivity (Wildman–Crippen MR) is 80.8 cm³/mol. The molecular weight excluding hydrogens is 268 g/mol. The SMILES string of the molecule is COc1ccccc1-c1c(C)n([O-])c2ccccc2[n+]1=O. The van der Waals surface area contributed by atoms with Gasteiger partial charge in [-0.15, -0.1) is 0 Å². The van der Waals surface area contributed by atoms with E-state index in [0.29, 0.717) is 33.7 Å². The molecule has 0 amide bonds. The number of hydrogen-bond donors (Lipinski definition) is 0. The van der Waals surface area contributed by atoms with Crippen LogP contribution >= 0.6 is 0 Å². The van der Waals surface area contributed by atoms with E-state index in [1.165, 1.54) is 7.11 Å². The van der Waals surface area contributed by atoms with Gasteiger partial charge in [0, 0.05) is 11.0 Å². The normalized spacial score (nSPS) is 10.8. The Morgan fingerprint density at radius 3 is 2.52 bits per heavy atom. The molecule has 5 nitrogen and oxygen atoms in total. The maximum atomic E-state index is 12.7. The molecule has 0 aliphatic rings. The first-order chi connectivity index (χ1) is 10.1. The van der Waals surface area contributed by atoms with Gasteiger partial charge in [-0.2, -0.15) is 0 Å². The van der Waals surface area contributed by atoms with Gasteiger partial charge in [0.2, 0.25) is 0 Å². The molecule has 21 heavy (non-hydrogen) atoms. The van der Waals surface area contributed by atoms with E-state index in [1.807, 2.05) is 12.1 Å². The van der Waals surface area contributed by atoms with E-state index in [1.54, 1.807) is 43.3 Å². The summed E-state index contributed by atoms with van der Waals surface area (Å²) in [4.78, 5) is 12.7. The Labute approximate surface area is 121 Å². The second-order valence-corrected chi connectivity index (χ2v) is 4.71. The van der Waals surface area contributed by atoms with Crippen molar-refractivity contribution in [3.05, 3.63) is 64.3 Å². The van der Waals surface area contributed by atoms with Crippen molar-refractivity contribution in [2.24, 2.45) is 0 Å². The molecule has 1 heterocycles. The molecule has 3 rings (SSSR count). The van der Waals surface area contributed by atoms with Gasteiger partial charge in [0.1, 0.15) is 11.3 Å². The lowest BCUT2D eigenvalue weighted by molar-refractivity contribution is -0.452. The van der Waals surface area contributed by atoms with Gasteiger partial charge in [0.05, 0.1) is 22.8 Å². The Bertz CT molecular complexity index is 884. The number of aromatic nitrogens is 2. The summed E-state index contributed by atoms with van der Waals surface area (Å²) in [6.45, 7) is 1.63. The van der Waals surface area contributed by atoms with Gasteiger partial charge in [-0.3, -0.25) is 0 Å². The number of hydrogen-bond acceptors (Lipinski definition) is 3. The lowest BCUT2D eigenvalue weighted by atomic mass is 10.1. The Morgan fingerprint density at radius 2 is 1.76 bits per heavy atom. The first kappa shape index (κ1) is 13.2. The minimum atomic E-state index is 0.307. The quantitative estimate of drug-likeness (QED) is 0.679. The van der Waals surface area contributed by atoms with E-state index in [0.717, 1.165) is 9.16 Å². The van der Waals surface area contributed by atoms with Crippen LogP contribution in [0.1, 0.15) is 5.69 Å². The molecule has 0 aliphatic heterocycles. The smallest absolute Gasteiger partial charge is 0.293 e. The van der Waals surface area contributed by atoms with Crippen molar-refractivity contribution in [2.45, 2.75) is 6.92 Å². The van der Waals surface area contributed by atoms with Crippen molar-refractivity contribution in [2.75, 3.05) is 7.11 Å². The van der Waals surface area contributed by atoms with Crippen molar-refractivity contribution < 1.29 is 9.16 Å². The summed E-state index contributed by atoms with van der Waals surface area (Å²) < 4.78 is 6.87. The molecule has 0 fully saturated rings. The Hall–Kier alpha value is -2.82. The molecule has 0 saturated heterocycles. The van der Waals surface area contributed by atoms with Gasteiger partial charge >= 0.3 is 0 Å². The summed E-state index contributed by atoms with van der Waals surface area (Å²) in [5, 5.41) is 12.4. The fraction of sp³-hybridized carbons (Fsp3) is 0.125. The van der Waals surface area contributed by atoms with Crippen molar-refractivity contribution >= 4 is 11.0 Å². The van der Waals surface area contributed by atoms with E-state index in [4.69, 9.17) is 4.74 Å². The molecule has 0 saturated carbocycles. The van der Waals surface area contributed by atoms with Crippen LogP contribution in [0, 0.1) is 17.0 Å². The Kier molecular flexibility index (Phi) is 3.10. The summed E-state index contributed by atoms with van der Waals surface area (Å²) >= 11 is 0. The molecule has 0 N–H and O–H groups in total. The highest BCUT2D eigenvalue weighted by atomic mass is 16.5. The topological polar surface area (TPSA) is 60.2 Å². The van der Waals surface area contributed by atoms with Gasteiger partial charge in [0.25, 0.3) is 11.2 Å². The monoisotopic (exact) mass is 282 g/mol. The Morgan fingerprint density at radius 1 is 1.10 bits per heavy atom. The first-order valence-electron chi connectivity index (χ1n) is 6.53. The minimum absolute atomic E-state index is 0.307. The number of fused-ring (bicyclic) bond motifs is 1. The third kappa shape index (κ3) is 1.94. The lowest BCUT2D eigenvalue weighted by Crippen LogP contribution is -2.24. The van der Waals surface area contributed by atoms with Gasteiger partial charge in [-0.05, 0) is 25.1 Å². The molecule has 0 unspecified atom stereocenters. The van der Waals surface area contributed by atoms with Crippen molar-refractivity contribution in [1.29, 1.82) is 0 Å². The third-order valence-electron chi connectivity index (χ3n) is 3.53. The molecule has 3 aromatic rings. The number of benzene rings is 2.